The number of hydrogen-bond donors (Lipinski definition) is 1. The molecule has 2 rings (SSSR count). The van der Waals surface area contributed by atoms with Crippen molar-refractivity contribution in [2.24, 2.45) is 0 Å². The largest absolute Gasteiger partial charge is 0.497 e. The van der Waals surface area contributed by atoms with Gasteiger partial charge in [0.1, 0.15) is 5.75 Å². The van der Waals surface area contributed by atoms with E-state index >= 15 is 0 Å². The van der Waals surface area contributed by atoms with Gasteiger partial charge in [-0.3, -0.25) is 0 Å². The van der Waals surface area contributed by atoms with E-state index in [0.29, 0.717) is 0 Å². The smallest absolute Gasteiger partial charge is 0.119 e. The Morgan fingerprint density at radius 3 is 2.65 bits per heavy atom. The van der Waals surface area contributed by atoms with Crippen LogP contribution in [0.3, 0.4) is 0 Å². The Hall–Kier alpha value is -1.32. The molecule has 2 aromatic rings. The molecule has 0 aliphatic carbocycles. The lowest BCUT2D eigenvalue weighted by Gasteiger charge is -2.21. The van der Waals surface area contributed by atoms with Gasteiger partial charge < -0.3 is 10.1 Å². The van der Waals surface area contributed by atoms with E-state index in [-0.39, 0.29) is 6.04 Å². The van der Waals surface area contributed by atoms with Crippen LogP contribution in [0.25, 0.3) is 0 Å². The number of benzene rings is 2. The fourth-order valence-corrected chi connectivity index (χ4v) is 3.02. The maximum atomic E-state index is 5.33. The zero-order chi connectivity index (χ0) is 14.5. The Morgan fingerprint density at radius 2 is 2.00 bits per heavy atom. The summed E-state index contributed by atoms with van der Waals surface area (Å²) in [5.41, 5.74) is 3.70. The van der Waals surface area contributed by atoms with E-state index in [9.17, 15) is 0 Å². The van der Waals surface area contributed by atoms with Gasteiger partial charge in [0.05, 0.1) is 13.2 Å². The van der Waals surface area contributed by atoms with Crippen LogP contribution < -0.4 is 10.1 Å². The molecule has 0 aromatic heterocycles. The van der Waals surface area contributed by atoms with Crippen molar-refractivity contribution in [1.29, 1.82) is 0 Å². The lowest BCUT2D eigenvalue weighted by atomic mass is 9.97. The highest BCUT2D eigenvalue weighted by Gasteiger charge is 2.16. The summed E-state index contributed by atoms with van der Waals surface area (Å²) in [6.45, 7) is 5.12. The van der Waals surface area contributed by atoms with Gasteiger partial charge in [0, 0.05) is 4.47 Å². The number of aryl methyl sites for hydroxylation is 1. The molecule has 0 radical (unpaired) electrons. The Morgan fingerprint density at radius 1 is 1.20 bits per heavy atom. The highest BCUT2D eigenvalue weighted by Crippen LogP contribution is 2.30. The zero-order valence-corrected chi connectivity index (χ0v) is 13.7. The Kier molecular flexibility index (Phi) is 5.21. The maximum Gasteiger partial charge on any atom is 0.119 e. The fourth-order valence-electron chi connectivity index (χ4n) is 2.30. The van der Waals surface area contributed by atoms with E-state index in [2.05, 4.69) is 65.4 Å². The van der Waals surface area contributed by atoms with Crippen molar-refractivity contribution in [3.8, 4) is 5.75 Å². The summed E-state index contributed by atoms with van der Waals surface area (Å²) in [4.78, 5) is 0. The molecule has 0 aliphatic rings. The normalized spacial score (nSPS) is 12.2. The SMILES string of the molecule is CCNC(c1cccc(OC)c1)c1ccc(C)cc1Br. The number of hydrogen-bond acceptors (Lipinski definition) is 2. The summed E-state index contributed by atoms with van der Waals surface area (Å²) in [6.07, 6.45) is 0. The lowest BCUT2D eigenvalue weighted by molar-refractivity contribution is 0.413. The molecule has 1 N–H and O–H groups in total. The third kappa shape index (κ3) is 3.41. The summed E-state index contributed by atoms with van der Waals surface area (Å²) in [6, 6.07) is 14.8. The summed E-state index contributed by atoms with van der Waals surface area (Å²) in [5.74, 6) is 0.883. The quantitative estimate of drug-likeness (QED) is 0.871. The van der Waals surface area contributed by atoms with Gasteiger partial charge in [0.2, 0.25) is 0 Å². The van der Waals surface area contributed by atoms with Crippen LogP contribution in [-0.2, 0) is 0 Å². The van der Waals surface area contributed by atoms with E-state index in [1.54, 1.807) is 7.11 Å². The van der Waals surface area contributed by atoms with Gasteiger partial charge >= 0.3 is 0 Å². The third-order valence-electron chi connectivity index (χ3n) is 3.30. The number of rotatable bonds is 5. The molecule has 0 amide bonds. The maximum absolute atomic E-state index is 5.33. The van der Waals surface area contributed by atoms with Crippen molar-refractivity contribution < 1.29 is 4.74 Å². The van der Waals surface area contributed by atoms with Crippen LogP contribution in [0.15, 0.2) is 46.9 Å². The fraction of sp³-hybridized carbons (Fsp3) is 0.294. The standard InChI is InChI=1S/C17H20BrNO/c1-4-19-17(13-6-5-7-14(11-13)20-3)15-9-8-12(2)10-16(15)18/h5-11,17,19H,4H2,1-3H3. The minimum absolute atomic E-state index is 0.157. The number of nitrogens with one attached hydrogen (secondary N) is 1. The number of methoxy groups -OCH3 is 1. The molecule has 1 atom stereocenters. The van der Waals surface area contributed by atoms with Gasteiger partial charge in [0.25, 0.3) is 0 Å². The van der Waals surface area contributed by atoms with Crippen molar-refractivity contribution in [2.45, 2.75) is 19.9 Å². The molecule has 0 heterocycles. The first-order valence-electron chi connectivity index (χ1n) is 6.79. The molecule has 0 aliphatic heterocycles. The Bertz CT molecular complexity index is 583. The predicted molar refractivity (Wildman–Crippen MR) is 87.4 cm³/mol. The molecule has 2 aromatic carbocycles. The van der Waals surface area contributed by atoms with Gasteiger partial charge in [-0.2, -0.15) is 0 Å². The van der Waals surface area contributed by atoms with Crippen LogP contribution in [0.5, 0.6) is 5.75 Å². The molecular weight excluding hydrogens is 314 g/mol. The van der Waals surface area contributed by atoms with Crippen molar-refractivity contribution in [3.05, 3.63) is 63.6 Å². The topological polar surface area (TPSA) is 21.3 Å². The van der Waals surface area contributed by atoms with Crippen LogP contribution >= 0.6 is 15.9 Å². The van der Waals surface area contributed by atoms with Crippen LogP contribution in [0.1, 0.15) is 29.7 Å². The highest BCUT2D eigenvalue weighted by molar-refractivity contribution is 9.10. The van der Waals surface area contributed by atoms with Gasteiger partial charge in [-0.25, -0.2) is 0 Å². The first-order chi connectivity index (χ1) is 9.65. The van der Waals surface area contributed by atoms with Crippen molar-refractivity contribution in [3.63, 3.8) is 0 Å². The molecular formula is C17H20BrNO. The summed E-state index contributed by atoms with van der Waals surface area (Å²) < 4.78 is 6.46. The molecule has 0 saturated heterocycles. The molecule has 1 unspecified atom stereocenters. The van der Waals surface area contributed by atoms with Gasteiger partial charge in [-0.05, 0) is 48.4 Å². The van der Waals surface area contributed by atoms with Crippen LogP contribution in [0, 0.1) is 6.92 Å². The van der Waals surface area contributed by atoms with Crippen molar-refractivity contribution >= 4 is 15.9 Å². The predicted octanol–water partition coefficient (Wildman–Crippen LogP) is 4.47. The van der Waals surface area contributed by atoms with Crippen LogP contribution in [0.2, 0.25) is 0 Å². The van der Waals surface area contributed by atoms with Gasteiger partial charge in [-0.15, -0.1) is 0 Å². The van der Waals surface area contributed by atoms with E-state index < -0.39 is 0 Å². The molecule has 0 bridgehead atoms. The van der Waals surface area contributed by atoms with Crippen molar-refractivity contribution in [2.75, 3.05) is 13.7 Å². The average molecular weight is 334 g/mol. The van der Waals surface area contributed by atoms with E-state index in [1.807, 2.05) is 12.1 Å². The minimum atomic E-state index is 0.157. The van der Waals surface area contributed by atoms with Crippen molar-refractivity contribution in [1.82, 2.24) is 5.32 Å². The lowest BCUT2D eigenvalue weighted by Crippen LogP contribution is -2.22. The molecule has 0 fully saturated rings. The Labute approximate surface area is 129 Å². The third-order valence-corrected chi connectivity index (χ3v) is 3.99. The first kappa shape index (κ1) is 15.1. The second kappa shape index (κ2) is 6.91. The minimum Gasteiger partial charge on any atom is -0.497 e. The summed E-state index contributed by atoms with van der Waals surface area (Å²) in [5, 5.41) is 3.54. The molecule has 0 saturated carbocycles. The number of halogens is 1. The molecule has 0 spiro atoms. The number of ether oxygens (including phenoxy) is 1. The van der Waals surface area contributed by atoms with Crippen LogP contribution in [0.4, 0.5) is 0 Å². The Balaban J connectivity index is 2.44. The monoisotopic (exact) mass is 333 g/mol. The van der Waals surface area contributed by atoms with E-state index in [1.165, 1.54) is 16.7 Å². The van der Waals surface area contributed by atoms with Gasteiger partial charge in [0.15, 0.2) is 0 Å². The average Bonchev–Trinajstić information content (AvgIpc) is 2.45. The molecule has 3 heteroatoms. The van der Waals surface area contributed by atoms with Gasteiger partial charge in [-0.1, -0.05) is 47.1 Å². The summed E-state index contributed by atoms with van der Waals surface area (Å²) in [7, 11) is 1.70. The molecule has 106 valence electrons. The molecule has 2 nitrogen and oxygen atoms in total. The second-order valence-electron chi connectivity index (χ2n) is 4.79. The van der Waals surface area contributed by atoms with E-state index in [4.69, 9.17) is 4.74 Å². The highest BCUT2D eigenvalue weighted by atomic mass is 79.9. The molecule has 20 heavy (non-hydrogen) atoms. The zero-order valence-electron chi connectivity index (χ0n) is 12.1. The second-order valence-corrected chi connectivity index (χ2v) is 5.65. The summed E-state index contributed by atoms with van der Waals surface area (Å²) >= 11 is 3.68. The van der Waals surface area contributed by atoms with E-state index in [0.717, 1.165) is 16.8 Å². The van der Waals surface area contributed by atoms with Crippen LogP contribution in [-0.4, -0.2) is 13.7 Å². The first-order valence-corrected chi connectivity index (χ1v) is 7.58.